The summed E-state index contributed by atoms with van der Waals surface area (Å²) in [5, 5.41) is 2.99. The third-order valence-corrected chi connectivity index (χ3v) is 4.49. The van der Waals surface area contributed by atoms with Crippen LogP contribution in [-0.4, -0.2) is 22.8 Å². The van der Waals surface area contributed by atoms with Crippen molar-refractivity contribution in [3.63, 3.8) is 0 Å². The minimum Gasteiger partial charge on any atom is -0.487 e. The molecule has 0 fully saturated rings. The highest BCUT2D eigenvalue weighted by Crippen LogP contribution is 2.18. The van der Waals surface area contributed by atoms with Crippen LogP contribution in [0, 0.1) is 13.8 Å². The molecule has 0 saturated carbocycles. The van der Waals surface area contributed by atoms with E-state index in [9.17, 15) is 4.79 Å². The van der Waals surface area contributed by atoms with Crippen molar-refractivity contribution in [2.45, 2.75) is 27.0 Å². The Labute approximate surface area is 150 Å². The van der Waals surface area contributed by atoms with Gasteiger partial charge in [-0.25, -0.2) is 4.98 Å². The van der Waals surface area contributed by atoms with Crippen molar-refractivity contribution in [3.8, 4) is 5.75 Å². The Balaban J connectivity index is 1.64. The van der Waals surface area contributed by atoms with Gasteiger partial charge in [0.25, 0.3) is 5.91 Å². The number of furan rings is 1. The first-order chi connectivity index (χ1) is 12.0. The molecule has 0 saturated heterocycles. The van der Waals surface area contributed by atoms with Crippen LogP contribution in [0.25, 0.3) is 0 Å². The molecule has 0 aliphatic carbocycles. The number of hydrogen-bond acceptors (Lipinski definition) is 5. The number of carbonyl (C=O) groups is 1. The maximum absolute atomic E-state index is 12.6. The molecule has 3 rings (SSSR count). The molecule has 0 atom stereocenters. The summed E-state index contributed by atoms with van der Waals surface area (Å²) in [6, 6.07) is 11.0. The quantitative estimate of drug-likeness (QED) is 0.664. The van der Waals surface area contributed by atoms with Gasteiger partial charge in [-0.2, -0.15) is 0 Å². The Morgan fingerprint density at radius 2 is 2.12 bits per heavy atom. The lowest BCUT2D eigenvalue weighted by Crippen LogP contribution is -2.26. The first kappa shape index (κ1) is 17.2. The number of hydrogen-bond donors (Lipinski definition) is 0. The van der Waals surface area contributed by atoms with Crippen molar-refractivity contribution >= 4 is 17.2 Å². The van der Waals surface area contributed by atoms with Gasteiger partial charge >= 0.3 is 0 Å². The fourth-order valence-electron chi connectivity index (χ4n) is 2.45. The lowest BCUT2D eigenvalue weighted by atomic mass is 10.2. The van der Waals surface area contributed by atoms with Crippen LogP contribution in [0.15, 0.2) is 46.2 Å². The van der Waals surface area contributed by atoms with Gasteiger partial charge in [0.15, 0.2) is 0 Å². The second-order valence-electron chi connectivity index (χ2n) is 5.85. The van der Waals surface area contributed by atoms with Gasteiger partial charge in [-0.1, -0.05) is 6.07 Å². The third-order valence-electron chi connectivity index (χ3n) is 3.67. The van der Waals surface area contributed by atoms with Gasteiger partial charge < -0.3 is 14.1 Å². The minimum atomic E-state index is -0.0796. The first-order valence-corrected chi connectivity index (χ1v) is 8.84. The molecule has 0 radical (unpaired) electrons. The monoisotopic (exact) mass is 356 g/mol. The van der Waals surface area contributed by atoms with Crippen molar-refractivity contribution in [1.82, 2.24) is 9.88 Å². The maximum atomic E-state index is 12.6. The van der Waals surface area contributed by atoms with Crippen LogP contribution in [0.3, 0.4) is 0 Å². The predicted molar refractivity (Wildman–Crippen MR) is 96.9 cm³/mol. The predicted octanol–water partition coefficient (Wildman–Crippen LogP) is 4.20. The zero-order valence-electron chi connectivity index (χ0n) is 14.5. The molecule has 2 heterocycles. The number of ether oxygens (including phenoxy) is 1. The van der Waals surface area contributed by atoms with E-state index < -0.39 is 0 Å². The molecule has 130 valence electrons. The van der Waals surface area contributed by atoms with Crippen molar-refractivity contribution in [2.75, 3.05) is 7.05 Å². The third kappa shape index (κ3) is 4.48. The average molecular weight is 356 g/mol. The van der Waals surface area contributed by atoms with E-state index in [0.29, 0.717) is 24.5 Å². The van der Waals surface area contributed by atoms with Crippen LogP contribution in [0.2, 0.25) is 0 Å². The Bertz CT molecular complexity index is 869. The van der Waals surface area contributed by atoms with E-state index in [-0.39, 0.29) is 5.91 Å². The van der Waals surface area contributed by atoms with Gasteiger partial charge in [-0.05, 0) is 44.2 Å². The molecule has 0 aliphatic heterocycles. The topological polar surface area (TPSA) is 55.6 Å². The lowest BCUT2D eigenvalue weighted by molar-refractivity contribution is 0.0774. The first-order valence-electron chi connectivity index (χ1n) is 7.96. The lowest BCUT2D eigenvalue weighted by Gasteiger charge is -2.16. The summed E-state index contributed by atoms with van der Waals surface area (Å²) >= 11 is 1.59. The van der Waals surface area contributed by atoms with Gasteiger partial charge in [-0.3, -0.25) is 4.79 Å². The fourth-order valence-corrected chi connectivity index (χ4v) is 3.04. The van der Waals surface area contributed by atoms with Crippen LogP contribution in [0.1, 0.15) is 32.6 Å². The number of rotatable bonds is 6. The Morgan fingerprint density at radius 3 is 2.80 bits per heavy atom. The van der Waals surface area contributed by atoms with E-state index in [2.05, 4.69) is 4.98 Å². The van der Waals surface area contributed by atoms with Crippen molar-refractivity contribution < 1.29 is 13.9 Å². The summed E-state index contributed by atoms with van der Waals surface area (Å²) in [6.45, 7) is 4.67. The highest BCUT2D eigenvalue weighted by molar-refractivity contribution is 7.09. The van der Waals surface area contributed by atoms with Gasteiger partial charge in [0.2, 0.25) is 0 Å². The molecule has 6 heteroatoms. The normalized spacial score (nSPS) is 10.7. The highest BCUT2D eigenvalue weighted by atomic mass is 32.1. The molecule has 0 unspecified atom stereocenters. The molecule has 3 aromatic rings. The molecular weight excluding hydrogens is 336 g/mol. The van der Waals surface area contributed by atoms with Crippen LogP contribution in [-0.2, 0) is 13.2 Å². The second-order valence-corrected chi connectivity index (χ2v) is 6.91. The molecule has 1 amide bonds. The SMILES string of the molecule is Cc1ccc(CN(C)C(=O)c2cccc(OCc3csc(C)n3)c2)o1. The minimum absolute atomic E-state index is 0.0796. The largest absolute Gasteiger partial charge is 0.487 e. The standard InChI is InChI=1S/C19H20N2O3S/c1-13-7-8-18(24-13)10-21(3)19(22)15-5-4-6-17(9-15)23-11-16-12-25-14(2)20-16/h4-9,12H,10-11H2,1-3H3. The summed E-state index contributed by atoms with van der Waals surface area (Å²) < 4.78 is 11.3. The summed E-state index contributed by atoms with van der Waals surface area (Å²) in [5.41, 5.74) is 1.47. The molecule has 0 bridgehead atoms. The smallest absolute Gasteiger partial charge is 0.254 e. The van der Waals surface area contributed by atoms with Crippen LogP contribution < -0.4 is 4.74 Å². The molecular formula is C19H20N2O3S. The van der Waals surface area contributed by atoms with E-state index in [1.165, 1.54) is 0 Å². The summed E-state index contributed by atoms with van der Waals surface area (Å²) in [6.07, 6.45) is 0. The molecule has 1 aromatic carbocycles. The summed E-state index contributed by atoms with van der Waals surface area (Å²) in [5.74, 6) is 2.17. The van der Waals surface area contributed by atoms with Crippen molar-refractivity contribution in [3.05, 3.63) is 69.6 Å². The van der Waals surface area contributed by atoms with Gasteiger partial charge in [0.1, 0.15) is 23.9 Å². The van der Waals surface area contributed by atoms with Gasteiger partial charge in [-0.15, -0.1) is 11.3 Å². The zero-order chi connectivity index (χ0) is 17.8. The van der Waals surface area contributed by atoms with E-state index in [1.807, 2.05) is 43.5 Å². The van der Waals surface area contributed by atoms with E-state index in [4.69, 9.17) is 9.15 Å². The number of carbonyl (C=O) groups excluding carboxylic acids is 1. The number of aryl methyl sites for hydroxylation is 2. The van der Waals surface area contributed by atoms with Crippen LogP contribution >= 0.6 is 11.3 Å². The Morgan fingerprint density at radius 1 is 1.28 bits per heavy atom. The Hall–Kier alpha value is -2.60. The maximum Gasteiger partial charge on any atom is 0.254 e. The molecule has 0 N–H and O–H groups in total. The second kappa shape index (κ2) is 7.53. The number of thiazole rings is 1. The number of benzene rings is 1. The van der Waals surface area contributed by atoms with Crippen LogP contribution in [0.4, 0.5) is 0 Å². The molecule has 2 aromatic heterocycles. The van der Waals surface area contributed by atoms with Gasteiger partial charge in [0.05, 0.1) is 17.2 Å². The summed E-state index contributed by atoms with van der Waals surface area (Å²) in [7, 11) is 1.76. The van der Waals surface area contributed by atoms with E-state index >= 15 is 0 Å². The van der Waals surface area contributed by atoms with Crippen molar-refractivity contribution in [2.24, 2.45) is 0 Å². The number of amides is 1. The zero-order valence-corrected chi connectivity index (χ0v) is 15.3. The van der Waals surface area contributed by atoms with Gasteiger partial charge in [0, 0.05) is 18.0 Å². The molecule has 25 heavy (non-hydrogen) atoms. The van der Waals surface area contributed by atoms with Crippen molar-refractivity contribution in [1.29, 1.82) is 0 Å². The number of aromatic nitrogens is 1. The number of nitrogens with zero attached hydrogens (tertiary/aromatic N) is 2. The van der Waals surface area contributed by atoms with E-state index in [0.717, 1.165) is 22.2 Å². The fraction of sp³-hybridized carbons (Fsp3) is 0.263. The summed E-state index contributed by atoms with van der Waals surface area (Å²) in [4.78, 5) is 18.6. The Kier molecular flexibility index (Phi) is 5.19. The molecule has 0 spiro atoms. The molecule has 5 nitrogen and oxygen atoms in total. The molecule has 0 aliphatic rings. The van der Waals surface area contributed by atoms with Crippen LogP contribution in [0.5, 0.6) is 5.75 Å². The highest BCUT2D eigenvalue weighted by Gasteiger charge is 2.14. The van der Waals surface area contributed by atoms with E-state index in [1.54, 1.807) is 35.4 Å². The average Bonchev–Trinajstić information content (AvgIpc) is 3.20.